The van der Waals surface area contributed by atoms with Crippen LogP contribution in [-0.2, 0) is 21.2 Å². The van der Waals surface area contributed by atoms with Gasteiger partial charge in [-0.25, -0.2) is 13.2 Å². The molecular weight excluding hydrogens is 414 g/mol. The first-order valence-electron chi connectivity index (χ1n) is 9.28. The third-order valence-electron chi connectivity index (χ3n) is 4.43. The second-order valence-corrected chi connectivity index (χ2v) is 8.71. The fourth-order valence-corrected chi connectivity index (χ4v) is 4.30. The van der Waals surface area contributed by atoms with Crippen molar-refractivity contribution in [1.29, 1.82) is 0 Å². The Hall–Kier alpha value is -2.51. The molecule has 0 fully saturated rings. The zero-order valence-electron chi connectivity index (χ0n) is 16.4. The Balaban J connectivity index is 2.09. The molecule has 2 aromatic carbocycles. The number of rotatable bonds is 7. The fourth-order valence-electron chi connectivity index (χ4n) is 3.05. The lowest BCUT2D eigenvalue weighted by Crippen LogP contribution is -2.13. The lowest BCUT2D eigenvalue weighted by Gasteiger charge is -2.11. The summed E-state index contributed by atoms with van der Waals surface area (Å²) in [4.78, 5) is 12.6. The summed E-state index contributed by atoms with van der Waals surface area (Å²) < 4.78 is 39.2. The van der Waals surface area contributed by atoms with Crippen molar-refractivity contribution in [3.8, 4) is 0 Å². The van der Waals surface area contributed by atoms with E-state index in [0.29, 0.717) is 45.0 Å². The van der Waals surface area contributed by atoms with Crippen molar-refractivity contribution >= 4 is 44.3 Å². The minimum atomic E-state index is -3.82. The highest BCUT2D eigenvalue weighted by molar-refractivity contribution is 7.92. The highest BCUT2D eigenvalue weighted by Crippen LogP contribution is 2.33. The topological polar surface area (TPSA) is 85.6 Å². The van der Waals surface area contributed by atoms with E-state index in [9.17, 15) is 13.2 Å². The largest absolute Gasteiger partial charge is 0.462 e. The lowest BCUT2D eigenvalue weighted by molar-refractivity contribution is 0.0526. The Morgan fingerprint density at radius 2 is 1.86 bits per heavy atom. The zero-order chi connectivity index (χ0) is 21.2. The highest BCUT2D eigenvalue weighted by atomic mass is 35.5. The van der Waals surface area contributed by atoms with Crippen LogP contribution in [0.25, 0.3) is 11.0 Å². The van der Waals surface area contributed by atoms with Gasteiger partial charge in [-0.3, -0.25) is 4.72 Å². The maximum absolute atomic E-state index is 12.8. The van der Waals surface area contributed by atoms with Gasteiger partial charge in [-0.2, -0.15) is 0 Å². The lowest BCUT2D eigenvalue weighted by atomic mass is 10.1. The Bertz CT molecular complexity index is 1150. The summed E-state index contributed by atoms with van der Waals surface area (Å²) in [6, 6.07) is 9.22. The number of anilines is 1. The molecular formula is C21H22ClNO5S. The van der Waals surface area contributed by atoms with Gasteiger partial charge in [-0.15, -0.1) is 0 Å². The number of ether oxygens (including phenoxy) is 1. The van der Waals surface area contributed by atoms with Crippen molar-refractivity contribution in [1.82, 2.24) is 0 Å². The van der Waals surface area contributed by atoms with E-state index in [0.717, 1.165) is 6.42 Å². The van der Waals surface area contributed by atoms with Crippen molar-refractivity contribution in [2.24, 2.45) is 0 Å². The number of nitrogens with one attached hydrogen (secondary N) is 1. The summed E-state index contributed by atoms with van der Waals surface area (Å²) in [6.07, 6.45) is 1.37. The zero-order valence-corrected chi connectivity index (χ0v) is 18.0. The van der Waals surface area contributed by atoms with Crippen molar-refractivity contribution in [3.63, 3.8) is 0 Å². The summed E-state index contributed by atoms with van der Waals surface area (Å²) in [5.74, 6) is 0.0584. The van der Waals surface area contributed by atoms with Crippen LogP contribution < -0.4 is 4.72 Å². The molecule has 0 amide bonds. The molecule has 1 N–H and O–H groups in total. The number of carbonyl (C=O) groups is 1. The monoisotopic (exact) mass is 435 g/mol. The molecule has 0 unspecified atom stereocenters. The van der Waals surface area contributed by atoms with Gasteiger partial charge < -0.3 is 9.15 Å². The summed E-state index contributed by atoms with van der Waals surface area (Å²) in [5, 5.41) is 0.966. The molecule has 154 valence electrons. The third-order valence-corrected chi connectivity index (χ3v) is 6.07. The van der Waals surface area contributed by atoms with E-state index in [1.807, 2.05) is 6.92 Å². The Morgan fingerprint density at radius 1 is 1.17 bits per heavy atom. The standard InChI is InChI=1S/C21H22ClNO5S/c1-4-6-18-20(21(24)27-5-2)16-12-17(13(3)11-19(16)28-18)23-29(25,26)15-9-7-14(22)8-10-15/h7-12,23H,4-6H2,1-3H3. The van der Waals surface area contributed by atoms with Gasteiger partial charge in [0.1, 0.15) is 16.9 Å². The molecule has 0 spiro atoms. The van der Waals surface area contributed by atoms with Crippen LogP contribution in [0.2, 0.25) is 5.02 Å². The molecule has 0 bridgehead atoms. The number of esters is 1. The van der Waals surface area contributed by atoms with E-state index in [-0.39, 0.29) is 11.5 Å². The number of hydrogen-bond acceptors (Lipinski definition) is 5. The van der Waals surface area contributed by atoms with Crippen LogP contribution in [0, 0.1) is 6.92 Å². The van der Waals surface area contributed by atoms with Crippen LogP contribution in [-0.4, -0.2) is 21.0 Å². The summed E-state index contributed by atoms with van der Waals surface area (Å²) in [6.45, 7) is 5.72. The maximum Gasteiger partial charge on any atom is 0.342 e. The van der Waals surface area contributed by atoms with Gasteiger partial charge in [-0.1, -0.05) is 18.5 Å². The maximum atomic E-state index is 12.8. The van der Waals surface area contributed by atoms with E-state index in [1.165, 1.54) is 24.3 Å². The molecule has 3 aromatic rings. The Kier molecular flexibility index (Phi) is 6.19. The second kappa shape index (κ2) is 8.47. The van der Waals surface area contributed by atoms with Crippen molar-refractivity contribution < 1.29 is 22.4 Å². The van der Waals surface area contributed by atoms with Gasteiger partial charge >= 0.3 is 5.97 Å². The second-order valence-electron chi connectivity index (χ2n) is 6.59. The first-order valence-corrected chi connectivity index (χ1v) is 11.1. The minimum Gasteiger partial charge on any atom is -0.462 e. The Labute approximate surface area is 174 Å². The average molecular weight is 436 g/mol. The van der Waals surface area contributed by atoms with Gasteiger partial charge in [-0.05, 0) is 62.2 Å². The molecule has 6 nitrogen and oxygen atoms in total. The number of sulfonamides is 1. The number of benzene rings is 2. The SMILES string of the molecule is CCCc1oc2cc(C)c(NS(=O)(=O)c3ccc(Cl)cc3)cc2c1C(=O)OCC. The highest BCUT2D eigenvalue weighted by Gasteiger charge is 2.24. The summed E-state index contributed by atoms with van der Waals surface area (Å²) in [5.41, 5.74) is 1.89. The van der Waals surface area contributed by atoms with Crippen LogP contribution in [0.5, 0.6) is 0 Å². The van der Waals surface area contributed by atoms with Crippen LogP contribution in [0.1, 0.15) is 41.9 Å². The number of hydrogen-bond donors (Lipinski definition) is 1. The molecule has 0 aliphatic rings. The van der Waals surface area contributed by atoms with Crippen LogP contribution in [0.15, 0.2) is 45.7 Å². The quantitative estimate of drug-likeness (QED) is 0.507. The molecule has 8 heteroatoms. The van der Waals surface area contributed by atoms with Crippen LogP contribution in [0.4, 0.5) is 5.69 Å². The predicted molar refractivity (Wildman–Crippen MR) is 113 cm³/mol. The average Bonchev–Trinajstić information content (AvgIpc) is 2.99. The first-order chi connectivity index (χ1) is 13.8. The van der Waals surface area contributed by atoms with Crippen LogP contribution >= 0.6 is 11.6 Å². The predicted octanol–water partition coefficient (Wildman–Crippen LogP) is 5.32. The van der Waals surface area contributed by atoms with Crippen molar-refractivity contribution in [2.45, 2.75) is 38.5 Å². The molecule has 3 rings (SSSR count). The van der Waals surface area contributed by atoms with Crippen molar-refractivity contribution in [2.75, 3.05) is 11.3 Å². The molecule has 1 aromatic heterocycles. The summed E-state index contributed by atoms with van der Waals surface area (Å²) in [7, 11) is -3.82. The smallest absolute Gasteiger partial charge is 0.342 e. The molecule has 0 radical (unpaired) electrons. The normalized spacial score (nSPS) is 11.6. The molecule has 0 aliphatic heterocycles. The van der Waals surface area contributed by atoms with Gasteiger partial charge in [0.2, 0.25) is 0 Å². The third kappa shape index (κ3) is 4.41. The molecule has 29 heavy (non-hydrogen) atoms. The molecule has 1 heterocycles. The Morgan fingerprint density at radius 3 is 2.48 bits per heavy atom. The van der Waals surface area contributed by atoms with E-state index in [2.05, 4.69) is 4.72 Å². The number of fused-ring (bicyclic) bond motifs is 1. The number of halogens is 1. The van der Waals surface area contributed by atoms with E-state index < -0.39 is 16.0 Å². The number of furan rings is 1. The van der Waals surface area contributed by atoms with E-state index in [4.69, 9.17) is 20.8 Å². The van der Waals surface area contributed by atoms with Gasteiger partial charge in [0.15, 0.2) is 0 Å². The van der Waals surface area contributed by atoms with Gasteiger partial charge in [0, 0.05) is 16.8 Å². The van der Waals surface area contributed by atoms with E-state index >= 15 is 0 Å². The van der Waals surface area contributed by atoms with Crippen molar-refractivity contribution in [3.05, 3.63) is 58.3 Å². The summed E-state index contributed by atoms with van der Waals surface area (Å²) >= 11 is 5.84. The molecule has 0 aliphatic carbocycles. The molecule has 0 atom stereocenters. The molecule has 0 saturated heterocycles. The number of aryl methyl sites for hydroxylation is 2. The van der Waals surface area contributed by atoms with Gasteiger partial charge in [0.05, 0.1) is 17.2 Å². The van der Waals surface area contributed by atoms with Gasteiger partial charge in [0.25, 0.3) is 10.0 Å². The van der Waals surface area contributed by atoms with E-state index in [1.54, 1.807) is 26.0 Å². The fraction of sp³-hybridized carbons (Fsp3) is 0.286. The molecule has 0 saturated carbocycles. The van der Waals surface area contributed by atoms with Crippen LogP contribution in [0.3, 0.4) is 0 Å². The number of carbonyl (C=O) groups excluding carboxylic acids is 1. The first kappa shape index (κ1) is 21.2. The minimum absolute atomic E-state index is 0.0888.